The minimum absolute atomic E-state index is 0.0964. The number of methoxy groups -OCH3 is 1. The Bertz CT molecular complexity index is 1560. The van der Waals surface area contributed by atoms with E-state index >= 15 is 4.39 Å². The van der Waals surface area contributed by atoms with Crippen molar-refractivity contribution in [2.75, 3.05) is 51.5 Å². The molecule has 0 spiro atoms. The van der Waals surface area contributed by atoms with E-state index in [9.17, 15) is 9.90 Å². The highest BCUT2D eigenvalue weighted by Gasteiger charge is 2.71. The number of carboxylic acids is 1. The van der Waals surface area contributed by atoms with Gasteiger partial charge in [0, 0.05) is 50.5 Å². The van der Waals surface area contributed by atoms with Crippen molar-refractivity contribution in [2.24, 2.45) is 11.3 Å². The van der Waals surface area contributed by atoms with Gasteiger partial charge in [0.1, 0.15) is 24.0 Å². The highest BCUT2D eigenvalue weighted by atomic mass is 19.1. The highest BCUT2D eigenvalue weighted by molar-refractivity contribution is 5.82. The van der Waals surface area contributed by atoms with Gasteiger partial charge in [-0.25, -0.2) is 9.37 Å². The molecule has 4 aliphatic rings. The number of carbonyl (C=O) groups is 1. The van der Waals surface area contributed by atoms with Crippen LogP contribution in [0.15, 0.2) is 48.5 Å². The van der Waals surface area contributed by atoms with E-state index in [0.717, 1.165) is 72.9 Å². The Morgan fingerprint density at radius 1 is 1.16 bits per heavy atom. The predicted molar refractivity (Wildman–Crippen MR) is 165 cm³/mol. The second-order valence-corrected chi connectivity index (χ2v) is 12.7. The third-order valence-electron chi connectivity index (χ3n) is 10.3. The van der Waals surface area contributed by atoms with Gasteiger partial charge in [0.05, 0.1) is 30.4 Å². The maximum Gasteiger partial charge on any atom is 0.312 e. The summed E-state index contributed by atoms with van der Waals surface area (Å²) < 4.78 is 33.4. The molecular formula is C35H40FN3O5. The van der Waals surface area contributed by atoms with E-state index in [1.807, 2.05) is 49.4 Å². The molecule has 4 heterocycles. The minimum atomic E-state index is -0.771. The van der Waals surface area contributed by atoms with Gasteiger partial charge < -0.3 is 24.2 Å². The third kappa shape index (κ3) is 5.04. The summed E-state index contributed by atoms with van der Waals surface area (Å²) >= 11 is 0. The Kier molecular flexibility index (Phi) is 7.80. The minimum Gasteiger partial charge on any atom is -0.488 e. The molecule has 0 bridgehead atoms. The average Bonchev–Trinajstić information content (AvgIpc) is 3.43. The Balaban J connectivity index is 1.11. The number of rotatable bonds is 9. The number of benzene rings is 2. The van der Waals surface area contributed by atoms with Crippen LogP contribution >= 0.6 is 0 Å². The molecular weight excluding hydrogens is 561 g/mol. The van der Waals surface area contributed by atoms with Gasteiger partial charge in [-0.2, -0.15) is 0 Å². The number of ether oxygens (including phenoxy) is 3. The van der Waals surface area contributed by atoms with E-state index in [2.05, 4.69) is 15.9 Å². The van der Waals surface area contributed by atoms with Gasteiger partial charge in [0.2, 0.25) is 0 Å². The topological polar surface area (TPSA) is 84.4 Å². The maximum absolute atomic E-state index is 15.9. The zero-order valence-corrected chi connectivity index (χ0v) is 25.4. The average molecular weight is 602 g/mol. The van der Waals surface area contributed by atoms with Crippen molar-refractivity contribution in [3.8, 4) is 17.0 Å². The smallest absolute Gasteiger partial charge is 0.312 e. The van der Waals surface area contributed by atoms with Gasteiger partial charge in [0.15, 0.2) is 0 Å². The first-order valence-electron chi connectivity index (χ1n) is 15.7. The number of hydrogen-bond donors (Lipinski definition) is 1. The van der Waals surface area contributed by atoms with Crippen LogP contribution in [0, 0.1) is 24.1 Å². The number of para-hydroxylation sites is 1. The van der Waals surface area contributed by atoms with Crippen molar-refractivity contribution < 1.29 is 28.5 Å². The Hall–Kier alpha value is -3.53. The molecule has 0 radical (unpaired) electrons. The van der Waals surface area contributed by atoms with Gasteiger partial charge in [0.25, 0.3) is 0 Å². The van der Waals surface area contributed by atoms with E-state index in [1.165, 1.54) is 0 Å². The van der Waals surface area contributed by atoms with Crippen molar-refractivity contribution in [2.45, 2.75) is 51.3 Å². The fourth-order valence-corrected chi connectivity index (χ4v) is 7.74. The molecule has 3 aliphatic heterocycles. The quantitative estimate of drug-likeness (QED) is 0.371. The lowest BCUT2D eigenvalue weighted by atomic mass is 9.97. The zero-order chi connectivity index (χ0) is 30.4. The summed E-state index contributed by atoms with van der Waals surface area (Å²) in [7, 11) is 1.61. The van der Waals surface area contributed by atoms with Crippen molar-refractivity contribution in [3.63, 3.8) is 0 Å². The van der Waals surface area contributed by atoms with Crippen molar-refractivity contribution >= 4 is 11.8 Å². The Morgan fingerprint density at radius 3 is 2.80 bits per heavy atom. The van der Waals surface area contributed by atoms with Crippen LogP contribution in [0.3, 0.4) is 0 Å². The van der Waals surface area contributed by atoms with Gasteiger partial charge in [-0.15, -0.1) is 0 Å². The van der Waals surface area contributed by atoms with Crippen molar-refractivity contribution in [3.05, 3.63) is 76.6 Å². The first-order valence-corrected chi connectivity index (χ1v) is 15.7. The van der Waals surface area contributed by atoms with Gasteiger partial charge in [-0.3, -0.25) is 9.69 Å². The first-order chi connectivity index (χ1) is 21.4. The summed E-state index contributed by atoms with van der Waals surface area (Å²) in [4.78, 5) is 21.8. The summed E-state index contributed by atoms with van der Waals surface area (Å²) in [6.45, 7) is 6.40. The van der Waals surface area contributed by atoms with Crippen LogP contribution in [0.2, 0.25) is 0 Å². The van der Waals surface area contributed by atoms with Crippen molar-refractivity contribution in [1.82, 2.24) is 9.88 Å². The van der Waals surface area contributed by atoms with Crippen molar-refractivity contribution in [1.29, 1.82) is 0 Å². The van der Waals surface area contributed by atoms with Gasteiger partial charge in [-0.1, -0.05) is 30.3 Å². The molecule has 1 unspecified atom stereocenters. The molecule has 9 heteroatoms. The number of pyridine rings is 1. The zero-order valence-electron chi connectivity index (χ0n) is 25.4. The number of hydrogen-bond acceptors (Lipinski definition) is 7. The maximum atomic E-state index is 15.9. The fraction of sp³-hybridized carbons (Fsp3) is 0.486. The van der Waals surface area contributed by atoms with E-state index in [-0.39, 0.29) is 24.4 Å². The van der Waals surface area contributed by atoms with Gasteiger partial charge >= 0.3 is 5.97 Å². The van der Waals surface area contributed by atoms with Crippen LogP contribution in [-0.2, 0) is 33.7 Å². The highest BCUT2D eigenvalue weighted by Crippen LogP contribution is 2.62. The molecule has 1 N–H and O–H groups in total. The molecule has 0 amide bonds. The van der Waals surface area contributed by atoms with Crippen LogP contribution in [0.5, 0.6) is 5.75 Å². The SMILES string of the molecule is COC[C@H]1N(c2cccc(-c3cccc(C)c3OCc3ccc4c(c3F)CCN(C3CCOC3)CC4)n2)C[C@@H]2C[C@@]21C(=O)O. The molecule has 1 aliphatic carbocycles. The fourth-order valence-electron chi connectivity index (χ4n) is 7.74. The number of halogens is 1. The lowest BCUT2D eigenvalue weighted by Gasteiger charge is -2.31. The van der Waals surface area contributed by atoms with Crippen LogP contribution in [0.4, 0.5) is 10.2 Å². The number of aliphatic carboxylic acids is 1. The van der Waals surface area contributed by atoms with E-state index in [1.54, 1.807) is 7.11 Å². The predicted octanol–water partition coefficient (Wildman–Crippen LogP) is 4.89. The van der Waals surface area contributed by atoms with Crippen LogP contribution in [-0.4, -0.2) is 79.6 Å². The lowest BCUT2D eigenvalue weighted by Crippen LogP contribution is -2.43. The molecule has 1 saturated carbocycles. The monoisotopic (exact) mass is 601 g/mol. The lowest BCUT2D eigenvalue weighted by molar-refractivity contribution is -0.144. The van der Waals surface area contributed by atoms with Gasteiger partial charge in [-0.05, 0) is 73.4 Å². The largest absolute Gasteiger partial charge is 0.488 e. The summed E-state index contributed by atoms with van der Waals surface area (Å²) in [6.07, 6.45) is 3.24. The number of aryl methyl sites for hydroxylation is 1. The molecule has 8 nitrogen and oxygen atoms in total. The second-order valence-electron chi connectivity index (χ2n) is 12.7. The standard InChI is InChI=1S/C35H40FN3O5/c1-22-5-3-6-28(29-7-4-8-31(37-29)39-18-25-17-35(25,34(40)41)30(39)21-42-2)33(22)44-19-24-10-9-23-11-14-38(26-13-16-43-20-26)15-12-27(23)32(24)36/h3-10,25-26,30H,11-21H2,1-2H3,(H,40,41)/t25-,26?,30+,35+/m0/s1. The van der Waals surface area contributed by atoms with Crippen LogP contribution < -0.4 is 9.64 Å². The molecule has 3 fully saturated rings. The number of anilines is 1. The summed E-state index contributed by atoms with van der Waals surface area (Å²) in [5.41, 5.74) is 4.14. The van der Waals surface area contributed by atoms with E-state index in [0.29, 0.717) is 43.3 Å². The third-order valence-corrected chi connectivity index (χ3v) is 10.3. The summed E-state index contributed by atoms with van der Waals surface area (Å²) in [6, 6.07) is 15.8. The number of piperidine rings is 1. The molecule has 4 atom stereocenters. The number of nitrogens with zero attached hydrogens (tertiary/aromatic N) is 3. The Labute approximate surface area is 257 Å². The second kappa shape index (κ2) is 11.8. The summed E-state index contributed by atoms with van der Waals surface area (Å²) in [5, 5.41) is 10.0. The molecule has 3 aromatic rings. The first kappa shape index (κ1) is 29.2. The normalized spacial score (nSPS) is 26.2. The summed E-state index contributed by atoms with van der Waals surface area (Å²) in [5.74, 6) is 0.562. The molecule has 7 rings (SSSR count). The number of carboxylic acid groups (broad SMARTS) is 1. The molecule has 44 heavy (non-hydrogen) atoms. The molecule has 2 aromatic carbocycles. The molecule has 1 aromatic heterocycles. The Morgan fingerprint density at radius 2 is 2.00 bits per heavy atom. The van der Waals surface area contributed by atoms with Crippen LogP contribution in [0.1, 0.15) is 35.1 Å². The van der Waals surface area contributed by atoms with Crippen LogP contribution in [0.25, 0.3) is 11.3 Å². The molecule has 232 valence electrons. The number of fused-ring (bicyclic) bond motifs is 2. The van der Waals surface area contributed by atoms with E-state index < -0.39 is 11.4 Å². The number of aromatic nitrogens is 1. The molecule has 2 saturated heterocycles. The van der Waals surface area contributed by atoms with E-state index in [4.69, 9.17) is 19.2 Å².